The highest BCUT2D eigenvalue weighted by atomic mass is 32.1. The molecule has 0 spiro atoms. The zero-order chi connectivity index (χ0) is 13.9. The highest BCUT2D eigenvalue weighted by Crippen LogP contribution is 2.35. The predicted octanol–water partition coefficient (Wildman–Crippen LogP) is 3.66. The first-order valence-electron chi connectivity index (χ1n) is 6.23. The summed E-state index contributed by atoms with van der Waals surface area (Å²) in [6.07, 6.45) is 3.26. The summed E-state index contributed by atoms with van der Waals surface area (Å²) in [6, 6.07) is 7.53. The Labute approximate surface area is 117 Å². The maximum absolute atomic E-state index is 12.3. The molecule has 1 atom stereocenters. The lowest BCUT2D eigenvalue weighted by atomic mass is 9.85. The van der Waals surface area contributed by atoms with Gasteiger partial charge in [0.1, 0.15) is 0 Å². The molecule has 0 bridgehead atoms. The molecule has 1 N–H and O–H groups in total. The average molecular weight is 274 g/mol. The molecule has 1 amide bonds. The van der Waals surface area contributed by atoms with Crippen molar-refractivity contribution in [1.82, 2.24) is 10.3 Å². The molecule has 0 radical (unpaired) electrons. The van der Waals surface area contributed by atoms with E-state index in [1.165, 1.54) is 4.88 Å². The molecule has 4 heteroatoms. The number of nitrogens with one attached hydrogen (secondary N) is 1. The van der Waals surface area contributed by atoms with Crippen LogP contribution in [0.1, 0.15) is 42.0 Å². The number of carbonyl (C=O) groups excluding carboxylic acids is 1. The third-order valence-corrected chi connectivity index (χ3v) is 3.85. The number of carbonyl (C=O) groups is 1. The average Bonchev–Trinajstić information content (AvgIpc) is 2.88. The van der Waals surface area contributed by atoms with E-state index in [1.807, 2.05) is 11.4 Å². The second-order valence-corrected chi connectivity index (χ2v) is 6.50. The monoisotopic (exact) mass is 274 g/mol. The van der Waals surface area contributed by atoms with Crippen LogP contribution in [0.2, 0.25) is 0 Å². The van der Waals surface area contributed by atoms with E-state index in [0.717, 1.165) is 0 Å². The smallest absolute Gasteiger partial charge is 0.251 e. The Morgan fingerprint density at radius 3 is 2.47 bits per heavy atom. The van der Waals surface area contributed by atoms with Crippen LogP contribution in [-0.2, 0) is 0 Å². The van der Waals surface area contributed by atoms with Crippen LogP contribution in [0.15, 0.2) is 42.0 Å². The highest BCUT2D eigenvalue weighted by molar-refractivity contribution is 7.10. The van der Waals surface area contributed by atoms with E-state index in [0.29, 0.717) is 5.56 Å². The molecule has 0 saturated heterocycles. The number of hydrogen-bond acceptors (Lipinski definition) is 3. The van der Waals surface area contributed by atoms with Gasteiger partial charge in [-0.3, -0.25) is 9.78 Å². The van der Waals surface area contributed by atoms with Gasteiger partial charge in [0.2, 0.25) is 0 Å². The van der Waals surface area contributed by atoms with E-state index < -0.39 is 0 Å². The maximum Gasteiger partial charge on any atom is 0.251 e. The Morgan fingerprint density at radius 1 is 1.26 bits per heavy atom. The van der Waals surface area contributed by atoms with E-state index >= 15 is 0 Å². The molecule has 0 fully saturated rings. The lowest BCUT2D eigenvalue weighted by Gasteiger charge is -2.30. The first-order chi connectivity index (χ1) is 8.98. The summed E-state index contributed by atoms with van der Waals surface area (Å²) in [7, 11) is 0. The minimum Gasteiger partial charge on any atom is -0.344 e. The van der Waals surface area contributed by atoms with Crippen molar-refractivity contribution < 1.29 is 4.79 Å². The van der Waals surface area contributed by atoms with Gasteiger partial charge in [-0.05, 0) is 29.0 Å². The number of aromatic nitrogens is 1. The van der Waals surface area contributed by atoms with E-state index in [2.05, 4.69) is 37.1 Å². The number of amides is 1. The van der Waals surface area contributed by atoms with Crippen molar-refractivity contribution in [3.05, 3.63) is 52.5 Å². The van der Waals surface area contributed by atoms with Gasteiger partial charge in [0.15, 0.2) is 0 Å². The normalized spacial score (nSPS) is 13.0. The van der Waals surface area contributed by atoms with Crippen LogP contribution in [0.4, 0.5) is 0 Å². The zero-order valence-corrected chi connectivity index (χ0v) is 12.2. The van der Waals surface area contributed by atoms with Crippen LogP contribution < -0.4 is 5.32 Å². The van der Waals surface area contributed by atoms with Crippen LogP contribution in [-0.4, -0.2) is 10.9 Å². The molecule has 19 heavy (non-hydrogen) atoms. The van der Waals surface area contributed by atoms with E-state index in [-0.39, 0.29) is 17.4 Å². The Hall–Kier alpha value is -1.68. The fraction of sp³-hybridized carbons (Fsp3) is 0.333. The van der Waals surface area contributed by atoms with Crippen LogP contribution in [0, 0.1) is 5.41 Å². The first-order valence-corrected chi connectivity index (χ1v) is 7.11. The van der Waals surface area contributed by atoms with Gasteiger partial charge in [-0.15, -0.1) is 11.3 Å². The molecule has 2 aromatic rings. The fourth-order valence-electron chi connectivity index (χ4n) is 1.89. The summed E-state index contributed by atoms with van der Waals surface area (Å²) < 4.78 is 0. The SMILES string of the molecule is CC(C)(C)[C@@H](NC(=O)c1ccncc1)c1cccs1. The van der Waals surface area contributed by atoms with Crippen molar-refractivity contribution in [2.24, 2.45) is 5.41 Å². The van der Waals surface area contributed by atoms with Crippen LogP contribution in [0.5, 0.6) is 0 Å². The standard InChI is InChI=1S/C15H18N2OS/c1-15(2,3)13(12-5-4-10-19-12)17-14(18)11-6-8-16-9-7-11/h4-10,13H,1-3H3,(H,17,18)/t13-/m0/s1. The fourth-order valence-corrected chi connectivity index (χ4v) is 2.91. The van der Waals surface area contributed by atoms with Gasteiger partial charge in [0, 0.05) is 22.8 Å². The quantitative estimate of drug-likeness (QED) is 0.928. The van der Waals surface area contributed by atoms with Gasteiger partial charge in [0.05, 0.1) is 6.04 Å². The number of pyridine rings is 1. The first kappa shape index (κ1) is 13.7. The third-order valence-electron chi connectivity index (χ3n) is 2.91. The molecule has 2 aromatic heterocycles. The summed E-state index contributed by atoms with van der Waals surface area (Å²) in [5.74, 6) is -0.0595. The van der Waals surface area contributed by atoms with E-state index in [1.54, 1.807) is 35.9 Å². The molecule has 0 aliphatic carbocycles. The van der Waals surface area contributed by atoms with Gasteiger partial charge in [-0.2, -0.15) is 0 Å². The van der Waals surface area contributed by atoms with Crippen molar-refractivity contribution >= 4 is 17.2 Å². The Bertz CT molecular complexity index is 529. The second kappa shape index (κ2) is 5.53. The summed E-state index contributed by atoms with van der Waals surface area (Å²) >= 11 is 1.67. The highest BCUT2D eigenvalue weighted by Gasteiger charge is 2.28. The molecule has 0 aliphatic rings. The topological polar surface area (TPSA) is 42.0 Å². The minimum absolute atomic E-state index is 0.00756. The van der Waals surface area contributed by atoms with Crippen LogP contribution in [0.25, 0.3) is 0 Å². The molecule has 2 rings (SSSR count). The van der Waals surface area contributed by atoms with E-state index in [4.69, 9.17) is 0 Å². The molecule has 100 valence electrons. The zero-order valence-electron chi connectivity index (χ0n) is 11.4. The summed E-state index contributed by atoms with van der Waals surface area (Å²) in [4.78, 5) is 17.4. The molecule has 0 saturated carbocycles. The number of hydrogen-bond donors (Lipinski definition) is 1. The lowest BCUT2D eigenvalue weighted by molar-refractivity contribution is 0.0903. The molecule has 3 nitrogen and oxygen atoms in total. The summed E-state index contributed by atoms with van der Waals surface area (Å²) in [6.45, 7) is 6.39. The molecular weight excluding hydrogens is 256 g/mol. The summed E-state index contributed by atoms with van der Waals surface area (Å²) in [5, 5.41) is 5.15. The number of nitrogens with zero attached hydrogens (tertiary/aromatic N) is 1. The van der Waals surface area contributed by atoms with Gasteiger partial charge >= 0.3 is 0 Å². The molecule has 0 aliphatic heterocycles. The summed E-state index contributed by atoms with van der Waals surface area (Å²) in [5.41, 5.74) is 0.605. The Balaban J connectivity index is 2.21. The third kappa shape index (κ3) is 3.41. The van der Waals surface area contributed by atoms with Gasteiger partial charge < -0.3 is 5.32 Å². The number of rotatable bonds is 3. The van der Waals surface area contributed by atoms with E-state index in [9.17, 15) is 4.79 Å². The van der Waals surface area contributed by atoms with Crippen LogP contribution >= 0.6 is 11.3 Å². The van der Waals surface area contributed by atoms with Crippen molar-refractivity contribution in [1.29, 1.82) is 0 Å². The van der Waals surface area contributed by atoms with Gasteiger partial charge in [-0.1, -0.05) is 26.8 Å². The maximum atomic E-state index is 12.3. The number of thiophene rings is 1. The van der Waals surface area contributed by atoms with Crippen molar-refractivity contribution in [3.8, 4) is 0 Å². The molecular formula is C15H18N2OS. The largest absolute Gasteiger partial charge is 0.344 e. The minimum atomic E-state index is -0.0595. The van der Waals surface area contributed by atoms with Gasteiger partial charge in [0.25, 0.3) is 5.91 Å². The molecule has 0 aromatic carbocycles. The second-order valence-electron chi connectivity index (χ2n) is 5.52. The Morgan fingerprint density at radius 2 is 1.95 bits per heavy atom. The lowest BCUT2D eigenvalue weighted by Crippen LogP contribution is -2.36. The van der Waals surface area contributed by atoms with Crippen molar-refractivity contribution in [3.63, 3.8) is 0 Å². The van der Waals surface area contributed by atoms with Crippen molar-refractivity contribution in [2.75, 3.05) is 0 Å². The predicted molar refractivity (Wildman–Crippen MR) is 78.2 cm³/mol. The van der Waals surface area contributed by atoms with Crippen molar-refractivity contribution in [2.45, 2.75) is 26.8 Å². The molecule has 2 heterocycles. The van der Waals surface area contributed by atoms with Gasteiger partial charge in [-0.25, -0.2) is 0 Å². The van der Waals surface area contributed by atoms with Crippen LogP contribution in [0.3, 0.4) is 0 Å². The Kier molecular flexibility index (Phi) is 4.00. The molecule has 0 unspecified atom stereocenters.